The van der Waals surface area contributed by atoms with Crippen molar-refractivity contribution < 1.29 is 27.8 Å². The van der Waals surface area contributed by atoms with Gasteiger partial charge in [0.2, 0.25) is 0 Å². The molecule has 0 spiro atoms. The van der Waals surface area contributed by atoms with Crippen molar-refractivity contribution in [1.82, 2.24) is 0 Å². The summed E-state index contributed by atoms with van der Waals surface area (Å²) in [6, 6.07) is 9.98. The fourth-order valence-corrected chi connectivity index (χ4v) is 5.86. The predicted molar refractivity (Wildman–Crippen MR) is 121 cm³/mol. The third-order valence-corrected chi connectivity index (χ3v) is 8.02. The number of rotatable bonds is 7. The first-order valence-corrected chi connectivity index (χ1v) is 12.6. The highest BCUT2D eigenvalue weighted by Crippen LogP contribution is 2.34. The van der Waals surface area contributed by atoms with Crippen LogP contribution in [0.2, 0.25) is 0 Å². The summed E-state index contributed by atoms with van der Waals surface area (Å²) in [4.78, 5) is 11.8. The number of sulfonamides is 1. The highest BCUT2D eigenvalue weighted by atomic mass is 32.2. The minimum atomic E-state index is -3.91. The van der Waals surface area contributed by atoms with Gasteiger partial charge < -0.3 is 14.6 Å². The lowest BCUT2D eigenvalue weighted by Gasteiger charge is -2.31. The van der Waals surface area contributed by atoms with Crippen molar-refractivity contribution in [3.05, 3.63) is 53.1 Å². The lowest BCUT2D eigenvalue weighted by atomic mass is 10.00. The number of ether oxygens (including phenoxy) is 2. The van der Waals surface area contributed by atoms with Crippen LogP contribution in [0.3, 0.4) is 0 Å². The fourth-order valence-electron chi connectivity index (χ4n) is 4.30. The molecule has 2 aromatic rings. The van der Waals surface area contributed by atoms with Gasteiger partial charge in [-0.1, -0.05) is 19.1 Å². The number of hydrogen-bond acceptors (Lipinski definition) is 5. The molecule has 0 saturated carbocycles. The Kier molecular flexibility index (Phi) is 6.71. The average molecular weight is 460 g/mol. The molecular weight excluding hydrogens is 430 g/mol. The molecule has 0 bridgehead atoms. The third kappa shape index (κ3) is 4.61. The van der Waals surface area contributed by atoms with E-state index in [-0.39, 0.29) is 16.2 Å². The molecule has 2 heterocycles. The van der Waals surface area contributed by atoms with Gasteiger partial charge in [-0.2, -0.15) is 0 Å². The first-order chi connectivity index (χ1) is 15.4. The molecule has 1 N–H and O–H groups in total. The maximum Gasteiger partial charge on any atom is 0.339 e. The van der Waals surface area contributed by atoms with Gasteiger partial charge in [0.05, 0.1) is 17.2 Å². The first kappa shape index (κ1) is 22.6. The number of benzene rings is 2. The van der Waals surface area contributed by atoms with Crippen LogP contribution >= 0.6 is 0 Å². The number of fused-ring (bicyclic) bond motifs is 1. The normalized spacial score (nSPS) is 17.1. The van der Waals surface area contributed by atoms with Crippen molar-refractivity contribution in [3.63, 3.8) is 0 Å². The number of carbonyl (C=O) groups is 1. The van der Waals surface area contributed by atoms with E-state index in [1.807, 2.05) is 12.1 Å². The van der Waals surface area contributed by atoms with Crippen LogP contribution in [0.4, 0.5) is 5.69 Å². The van der Waals surface area contributed by atoms with Crippen LogP contribution in [0.1, 0.15) is 47.7 Å². The molecule has 32 heavy (non-hydrogen) atoms. The summed E-state index contributed by atoms with van der Waals surface area (Å²) >= 11 is 0. The highest BCUT2D eigenvalue weighted by Gasteiger charge is 2.30. The van der Waals surface area contributed by atoms with Crippen LogP contribution in [0, 0.1) is 5.92 Å². The van der Waals surface area contributed by atoms with Crippen molar-refractivity contribution in [2.45, 2.75) is 43.9 Å². The summed E-state index contributed by atoms with van der Waals surface area (Å²) in [7, 11) is -3.91. The molecule has 8 heteroatoms. The predicted octanol–water partition coefficient (Wildman–Crippen LogP) is 3.89. The quantitative estimate of drug-likeness (QED) is 0.675. The molecule has 172 valence electrons. The maximum atomic E-state index is 13.5. The number of hydrogen-bond donors (Lipinski definition) is 1. The Hall–Kier alpha value is -2.58. The number of carboxylic acid groups (broad SMARTS) is 1. The zero-order chi connectivity index (χ0) is 22.7. The number of carboxylic acids is 1. The van der Waals surface area contributed by atoms with E-state index in [4.69, 9.17) is 9.47 Å². The summed E-state index contributed by atoms with van der Waals surface area (Å²) in [6.07, 6.45) is 4.16. The lowest BCUT2D eigenvalue weighted by Crippen LogP contribution is -2.35. The second-order valence-electron chi connectivity index (χ2n) is 8.33. The standard InChI is InChI=1S/C24H29NO6S/c1-2-17-5-7-22-19(14-17)4-3-11-25(22)32(28,29)20-6-8-23(21(15-20)24(26)27)31-16-18-9-12-30-13-10-18/h5-8,14-15,18H,2-4,9-13,16H2,1H3,(H,26,27). The van der Waals surface area contributed by atoms with E-state index in [2.05, 4.69) is 13.0 Å². The minimum absolute atomic E-state index is 0.0410. The van der Waals surface area contributed by atoms with Gasteiger partial charge in [0, 0.05) is 19.8 Å². The average Bonchev–Trinajstić information content (AvgIpc) is 2.82. The molecule has 2 aromatic carbocycles. The Morgan fingerprint density at radius 1 is 1.19 bits per heavy atom. The first-order valence-electron chi connectivity index (χ1n) is 11.1. The molecule has 0 aliphatic carbocycles. The molecule has 7 nitrogen and oxygen atoms in total. The van der Waals surface area contributed by atoms with Crippen molar-refractivity contribution in [2.24, 2.45) is 5.92 Å². The summed E-state index contributed by atoms with van der Waals surface area (Å²) in [6.45, 7) is 4.17. The lowest BCUT2D eigenvalue weighted by molar-refractivity contribution is 0.0490. The molecule has 0 atom stereocenters. The number of anilines is 1. The topological polar surface area (TPSA) is 93.1 Å². The number of aryl methyl sites for hydroxylation is 2. The second-order valence-corrected chi connectivity index (χ2v) is 10.2. The van der Waals surface area contributed by atoms with E-state index in [9.17, 15) is 18.3 Å². The zero-order valence-electron chi connectivity index (χ0n) is 18.2. The second kappa shape index (κ2) is 9.50. The van der Waals surface area contributed by atoms with Gasteiger partial charge in [-0.05, 0) is 73.4 Å². The van der Waals surface area contributed by atoms with Gasteiger partial charge in [-0.25, -0.2) is 13.2 Å². The van der Waals surface area contributed by atoms with Gasteiger partial charge in [0.15, 0.2) is 0 Å². The molecule has 2 aliphatic heterocycles. The molecule has 0 amide bonds. The van der Waals surface area contributed by atoms with E-state index < -0.39 is 16.0 Å². The van der Waals surface area contributed by atoms with E-state index in [0.29, 0.717) is 38.0 Å². The molecule has 0 unspecified atom stereocenters. The van der Waals surface area contributed by atoms with Crippen molar-refractivity contribution in [2.75, 3.05) is 30.7 Å². The Morgan fingerprint density at radius 2 is 1.97 bits per heavy atom. The third-order valence-electron chi connectivity index (χ3n) is 6.21. The molecule has 1 saturated heterocycles. The highest BCUT2D eigenvalue weighted by molar-refractivity contribution is 7.92. The van der Waals surface area contributed by atoms with E-state index in [1.54, 1.807) is 0 Å². The van der Waals surface area contributed by atoms with E-state index in [0.717, 1.165) is 37.7 Å². The largest absolute Gasteiger partial charge is 0.492 e. The molecule has 4 rings (SSSR count). The SMILES string of the molecule is CCc1ccc2c(c1)CCCN2S(=O)(=O)c1ccc(OCC2CCOCC2)c(C(=O)O)c1. The van der Waals surface area contributed by atoms with E-state index in [1.165, 1.54) is 28.1 Å². The summed E-state index contributed by atoms with van der Waals surface area (Å²) in [5.74, 6) is -0.725. The van der Waals surface area contributed by atoms with Gasteiger partial charge in [0.25, 0.3) is 10.0 Å². The summed E-state index contributed by atoms with van der Waals surface area (Å²) < 4.78 is 39.5. The zero-order valence-corrected chi connectivity index (χ0v) is 19.1. The fraction of sp³-hybridized carbons (Fsp3) is 0.458. The summed E-state index contributed by atoms with van der Waals surface area (Å²) in [5.41, 5.74) is 2.71. The van der Waals surface area contributed by atoms with Gasteiger partial charge in [-0.3, -0.25) is 4.31 Å². The molecule has 0 aromatic heterocycles. The summed E-state index contributed by atoms with van der Waals surface area (Å²) in [5, 5.41) is 9.71. The molecular formula is C24H29NO6S. The van der Waals surface area contributed by atoms with Crippen LogP contribution in [-0.2, 0) is 27.6 Å². The molecule has 1 fully saturated rings. The Bertz CT molecular complexity index is 1090. The molecule has 2 aliphatic rings. The van der Waals surface area contributed by atoms with Gasteiger partial charge in [-0.15, -0.1) is 0 Å². The Morgan fingerprint density at radius 3 is 2.69 bits per heavy atom. The number of nitrogens with zero attached hydrogens (tertiary/aromatic N) is 1. The Labute approximate surface area is 189 Å². The van der Waals surface area contributed by atoms with Crippen LogP contribution in [-0.4, -0.2) is 45.9 Å². The van der Waals surface area contributed by atoms with Crippen LogP contribution < -0.4 is 9.04 Å². The molecule has 0 radical (unpaired) electrons. The van der Waals surface area contributed by atoms with Crippen LogP contribution in [0.5, 0.6) is 5.75 Å². The number of aromatic carboxylic acids is 1. The monoisotopic (exact) mass is 459 g/mol. The Balaban J connectivity index is 1.61. The van der Waals surface area contributed by atoms with E-state index >= 15 is 0 Å². The van der Waals surface area contributed by atoms with Crippen LogP contribution in [0.25, 0.3) is 0 Å². The van der Waals surface area contributed by atoms with Crippen molar-refractivity contribution in [3.8, 4) is 5.75 Å². The van der Waals surface area contributed by atoms with Crippen molar-refractivity contribution in [1.29, 1.82) is 0 Å². The van der Waals surface area contributed by atoms with Crippen molar-refractivity contribution >= 4 is 21.7 Å². The smallest absolute Gasteiger partial charge is 0.339 e. The minimum Gasteiger partial charge on any atom is -0.492 e. The maximum absolute atomic E-state index is 13.5. The van der Waals surface area contributed by atoms with Gasteiger partial charge >= 0.3 is 5.97 Å². The van der Waals surface area contributed by atoms with Crippen LogP contribution in [0.15, 0.2) is 41.3 Å². The van der Waals surface area contributed by atoms with Gasteiger partial charge in [0.1, 0.15) is 11.3 Å².